The largest absolute Gasteiger partial charge is 0.315 e. The molecule has 5 nitrogen and oxygen atoms in total. The second-order valence-electron chi connectivity index (χ2n) is 4.91. The molecular formula is C14H19N3O2S. The van der Waals surface area contributed by atoms with Gasteiger partial charge in [-0.2, -0.15) is 0 Å². The van der Waals surface area contributed by atoms with Crippen molar-refractivity contribution in [3.05, 3.63) is 41.0 Å². The maximum absolute atomic E-state index is 12.5. The van der Waals surface area contributed by atoms with Gasteiger partial charge in [0.05, 0.1) is 4.90 Å². The zero-order chi connectivity index (χ0) is 14.9. The molecule has 0 aliphatic heterocycles. The van der Waals surface area contributed by atoms with E-state index in [1.165, 1.54) is 0 Å². The fourth-order valence-corrected chi connectivity index (χ4v) is 3.46. The third-order valence-electron chi connectivity index (χ3n) is 3.49. The average molecular weight is 293 g/mol. The number of aromatic nitrogens is 3. The quantitative estimate of drug-likeness (QED) is 0.867. The summed E-state index contributed by atoms with van der Waals surface area (Å²) in [5.41, 5.74) is 2.05. The van der Waals surface area contributed by atoms with E-state index in [4.69, 9.17) is 0 Å². The molecule has 0 N–H and O–H groups in total. The normalized spacial score (nSPS) is 11.8. The standard InChI is InChI=1S/C14H19N3O2S/c1-5-17-12(4)15-16-14(17)9-20(18,19)13-7-6-10(2)11(3)8-13/h6-8H,5,9H2,1-4H3. The van der Waals surface area contributed by atoms with Gasteiger partial charge in [0, 0.05) is 6.54 Å². The molecular weight excluding hydrogens is 274 g/mol. The average Bonchev–Trinajstić information content (AvgIpc) is 2.72. The van der Waals surface area contributed by atoms with Crippen LogP contribution in [0.1, 0.15) is 29.7 Å². The van der Waals surface area contributed by atoms with E-state index in [1.54, 1.807) is 12.1 Å². The second-order valence-corrected chi connectivity index (χ2v) is 6.90. The fourth-order valence-electron chi connectivity index (χ4n) is 2.10. The van der Waals surface area contributed by atoms with Crippen LogP contribution in [0.3, 0.4) is 0 Å². The van der Waals surface area contributed by atoms with E-state index in [0.717, 1.165) is 17.0 Å². The molecule has 1 aromatic carbocycles. The Morgan fingerprint density at radius 2 is 1.80 bits per heavy atom. The number of aryl methyl sites for hydroxylation is 3. The van der Waals surface area contributed by atoms with Gasteiger partial charge in [-0.3, -0.25) is 0 Å². The lowest BCUT2D eigenvalue weighted by molar-refractivity contribution is 0.590. The Morgan fingerprint density at radius 1 is 1.10 bits per heavy atom. The van der Waals surface area contributed by atoms with Gasteiger partial charge in [-0.15, -0.1) is 10.2 Å². The monoisotopic (exact) mass is 293 g/mol. The summed E-state index contributed by atoms with van der Waals surface area (Å²) in [5, 5.41) is 7.92. The van der Waals surface area contributed by atoms with Crippen LogP contribution in [0.5, 0.6) is 0 Å². The molecule has 0 fully saturated rings. The molecule has 108 valence electrons. The van der Waals surface area contributed by atoms with Crippen LogP contribution >= 0.6 is 0 Å². The third-order valence-corrected chi connectivity index (χ3v) is 5.10. The lowest BCUT2D eigenvalue weighted by atomic mass is 10.1. The Kier molecular flexibility index (Phi) is 3.94. The van der Waals surface area contributed by atoms with E-state index in [-0.39, 0.29) is 5.75 Å². The first-order chi connectivity index (χ1) is 9.35. The van der Waals surface area contributed by atoms with Gasteiger partial charge in [0.2, 0.25) is 0 Å². The maximum Gasteiger partial charge on any atom is 0.185 e. The summed E-state index contributed by atoms with van der Waals surface area (Å²) < 4.78 is 26.7. The number of nitrogens with zero attached hydrogens (tertiary/aromatic N) is 3. The number of benzene rings is 1. The molecule has 0 spiro atoms. The van der Waals surface area contributed by atoms with Crippen LogP contribution in [0.2, 0.25) is 0 Å². The summed E-state index contributed by atoms with van der Waals surface area (Å²) in [5.74, 6) is 1.10. The van der Waals surface area contributed by atoms with Crippen LogP contribution in [-0.2, 0) is 22.1 Å². The smallest absolute Gasteiger partial charge is 0.185 e. The number of sulfone groups is 1. The first-order valence-corrected chi connectivity index (χ1v) is 8.19. The van der Waals surface area contributed by atoms with Crippen molar-refractivity contribution in [1.29, 1.82) is 0 Å². The van der Waals surface area contributed by atoms with Crippen molar-refractivity contribution in [3.63, 3.8) is 0 Å². The molecule has 1 heterocycles. The SMILES string of the molecule is CCn1c(C)nnc1CS(=O)(=O)c1ccc(C)c(C)c1. The van der Waals surface area contributed by atoms with Gasteiger partial charge in [-0.25, -0.2) is 8.42 Å². The highest BCUT2D eigenvalue weighted by Crippen LogP contribution is 2.19. The highest BCUT2D eigenvalue weighted by molar-refractivity contribution is 7.90. The van der Waals surface area contributed by atoms with Crippen molar-refractivity contribution < 1.29 is 8.42 Å². The lowest BCUT2D eigenvalue weighted by Crippen LogP contribution is -2.11. The Balaban J connectivity index is 2.38. The van der Waals surface area contributed by atoms with Crippen LogP contribution in [0.15, 0.2) is 23.1 Å². The van der Waals surface area contributed by atoms with Gasteiger partial charge in [-0.1, -0.05) is 6.07 Å². The van der Waals surface area contributed by atoms with Crippen LogP contribution in [0.25, 0.3) is 0 Å². The molecule has 0 saturated carbocycles. The van der Waals surface area contributed by atoms with Crippen molar-refractivity contribution in [3.8, 4) is 0 Å². The molecule has 0 bridgehead atoms. The summed E-state index contributed by atoms with van der Waals surface area (Å²) in [7, 11) is -3.40. The van der Waals surface area contributed by atoms with Gasteiger partial charge >= 0.3 is 0 Å². The van der Waals surface area contributed by atoms with Crippen molar-refractivity contribution >= 4 is 9.84 Å². The van der Waals surface area contributed by atoms with Crippen LogP contribution in [0, 0.1) is 20.8 Å². The molecule has 0 aliphatic carbocycles. The zero-order valence-corrected chi connectivity index (χ0v) is 13.0. The number of rotatable bonds is 4. The summed E-state index contributed by atoms with van der Waals surface area (Å²) in [6, 6.07) is 5.19. The van der Waals surface area contributed by atoms with E-state index in [2.05, 4.69) is 10.2 Å². The highest BCUT2D eigenvalue weighted by atomic mass is 32.2. The first kappa shape index (κ1) is 14.7. The van der Waals surface area contributed by atoms with Crippen LogP contribution in [-0.4, -0.2) is 23.2 Å². The molecule has 1 aromatic heterocycles. The van der Waals surface area contributed by atoms with Gasteiger partial charge < -0.3 is 4.57 Å². The highest BCUT2D eigenvalue weighted by Gasteiger charge is 2.20. The molecule has 0 atom stereocenters. The van der Waals surface area contributed by atoms with Crippen molar-refractivity contribution in [2.75, 3.05) is 0 Å². The third kappa shape index (κ3) is 2.75. The summed E-state index contributed by atoms with van der Waals surface area (Å²) in [6.45, 7) is 8.30. The molecule has 0 radical (unpaired) electrons. The molecule has 2 rings (SSSR count). The minimum atomic E-state index is -3.40. The molecule has 0 saturated heterocycles. The van der Waals surface area contributed by atoms with Gasteiger partial charge in [0.15, 0.2) is 9.84 Å². The molecule has 0 unspecified atom stereocenters. The minimum absolute atomic E-state index is 0.121. The van der Waals surface area contributed by atoms with E-state index >= 15 is 0 Å². The van der Waals surface area contributed by atoms with Gasteiger partial charge in [0.1, 0.15) is 17.4 Å². The van der Waals surface area contributed by atoms with Crippen LogP contribution < -0.4 is 0 Å². The van der Waals surface area contributed by atoms with Crippen molar-refractivity contribution in [2.45, 2.75) is 44.9 Å². The molecule has 2 aromatic rings. The summed E-state index contributed by atoms with van der Waals surface area (Å²) >= 11 is 0. The topological polar surface area (TPSA) is 64.8 Å². The van der Waals surface area contributed by atoms with Crippen LogP contribution in [0.4, 0.5) is 0 Å². The van der Waals surface area contributed by atoms with Crippen molar-refractivity contribution in [2.24, 2.45) is 0 Å². The predicted octanol–water partition coefficient (Wildman–Crippen LogP) is 2.20. The Bertz CT molecular complexity index is 733. The number of hydrogen-bond acceptors (Lipinski definition) is 4. The predicted molar refractivity (Wildman–Crippen MR) is 77.2 cm³/mol. The second kappa shape index (κ2) is 5.36. The van der Waals surface area contributed by atoms with E-state index in [9.17, 15) is 8.42 Å². The van der Waals surface area contributed by atoms with E-state index < -0.39 is 9.84 Å². The summed E-state index contributed by atoms with van der Waals surface area (Å²) in [4.78, 5) is 0.337. The minimum Gasteiger partial charge on any atom is -0.315 e. The first-order valence-electron chi connectivity index (χ1n) is 6.54. The van der Waals surface area contributed by atoms with Gasteiger partial charge in [-0.05, 0) is 51.0 Å². The lowest BCUT2D eigenvalue weighted by Gasteiger charge is -2.08. The van der Waals surface area contributed by atoms with Crippen molar-refractivity contribution in [1.82, 2.24) is 14.8 Å². The van der Waals surface area contributed by atoms with E-state index in [1.807, 2.05) is 38.3 Å². The maximum atomic E-state index is 12.5. The Labute approximate surface area is 119 Å². The summed E-state index contributed by atoms with van der Waals surface area (Å²) in [6.07, 6.45) is 0. The molecule has 0 amide bonds. The van der Waals surface area contributed by atoms with Gasteiger partial charge in [0.25, 0.3) is 0 Å². The van der Waals surface area contributed by atoms with E-state index in [0.29, 0.717) is 17.3 Å². The zero-order valence-electron chi connectivity index (χ0n) is 12.2. The molecule has 0 aliphatic rings. The molecule has 6 heteroatoms. The Hall–Kier alpha value is -1.69. The molecule has 20 heavy (non-hydrogen) atoms. The number of hydrogen-bond donors (Lipinski definition) is 0. The Morgan fingerprint density at radius 3 is 2.40 bits per heavy atom. The fraction of sp³-hybridized carbons (Fsp3) is 0.429.